The van der Waals surface area contributed by atoms with Gasteiger partial charge in [0.15, 0.2) is 0 Å². The molecule has 2 nitrogen and oxygen atoms in total. The van der Waals surface area contributed by atoms with E-state index < -0.39 is 19.7 Å². The average Bonchev–Trinajstić information content (AvgIpc) is 2.33. The van der Waals surface area contributed by atoms with Crippen LogP contribution in [0.25, 0.3) is 0 Å². The second-order valence-corrected chi connectivity index (χ2v) is 29.4. The van der Waals surface area contributed by atoms with Crippen molar-refractivity contribution in [3.8, 4) is 0 Å². The van der Waals surface area contributed by atoms with E-state index in [0.717, 1.165) is 26.2 Å². The minimum atomic E-state index is -0.458. The van der Waals surface area contributed by atoms with Crippen molar-refractivity contribution >= 4 is 87.8 Å². The van der Waals surface area contributed by atoms with Gasteiger partial charge in [0.25, 0.3) is 0 Å². The van der Waals surface area contributed by atoms with Crippen LogP contribution in [-0.2, 0) is 139 Å². The molecule has 0 aliphatic heterocycles. The fourth-order valence-corrected chi connectivity index (χ4v) is 2.24. The molecule has 12 heteroatoms. The van der Waals surface area contributed by atoms with E-state index >= 15 is 0 Å². The molecular formula is C10H23Br2Hg3N2S5-2. The predicted octanol–water partition coefficient (Wildman–Crippen LogP) is 2.82. The van der Waals surface area contributed by atoms with Crippen LogP contribution in [0.1, 0.15) is 27.7 Å². The Morgan fingerprint density at radius 2 is 0.909 bits per heavy atom. The van der Waals surface area contributed by atoms with Gasteiger partial charge in [0, 0.05) is 0 Å². The maximum absolute atomic E-state index is 4.84. The van der Waals surface area contributed by atoms with Gasteiger partial charge in [0.05, 0.1) is 0 Å². The van der Waals surface area contributed by atoms with E-state index in [4.69, 9.17) is 50.5 Å². The van der Waals surface area contributed by atoms with Gasteiger partial charge in [-0.05, 0) is 26.2 Å². The van der Waals surface area contributed by atoms with E-state index in [1.165, 1.54) is 0 Å². The standard InChI is InChI=1S/2C5H13NS2.2BrH.3Hg.H2S/c2*1-3-6(4-2)5(7)8;;;;;;/h2*5,7-8H,3-4H2,1-2H3;2*1H;;;;1H2/q;;;;+1;2*+2;/p-7. The molecule has 0 saturated carbocycles. The van der Waals surface area contributed by atoms with Gasteiger partial charge >= 0.3 is 98.9 Å². The largest absolute Gasteiger partial charge is 2.00 e. The molecule has 0 N–H and O–H groups in total. The summed E-state index contributed by atoms with van der Waals surface area (Å²) in [5.74, 6) is 0. The van der Waals surface area contributed by atoms with Gasteiger partial charge in [-0.25, -0.2) is 9.41 Å². The Balaban J connectivity index is -0.0000000442. The van der Waals surface area contributed by atoms with E-state index in [9.17, 15) is 0 Å². The fraction of sp³-hybridized carbons (Fsp3) is 1.00. The van der Waals surface area contributed by atoms with Gasteiger partial charge in [-0.15, -0.1) is 0 Å². The molecule has 0 aromatic heterocycles. The summed E-state index contributed by atoms with van der Waals surface area (Å²) in [5.41, 5.74) is 0. The molecule has 0 spiro atoms. The second-order valence-electron chi connectivity index (χ2n) is 3.16. The second kappa shape index (κ2) is 34.0. The summed E-state index contributed by atoms with van der Waals surface area (Å²) in [7, 11) is 0. The molecule has 1 radical (unpaired) electrons. The molecule has 0 aliphatic carbocycles. The molecular weight excluding hydrogens is 1070 g/mol. The summed E-state index contributed by atoms with van der Waals surface area (Å²) < 4.78 is -0.241. The van der Waals surface area contributed by atoms with Crippen LogP contribution in [0, 0.1) is 0 Å². The van der Waals surface area contributed by atoms with Crippen LogP contribution >= 0.6 is 23.8 Å². The monoisotopic (exact) mass is 1090 g/mol. The number of hydrogen-bond donors (Lipinski definition) is 0. The number of nitrogens with zero attached hydrogens (tertiary/aromatic N) is 2. The molecule has 0 aliphatic rings. The molecule has 0 amide bonds. The number of thiol groups is 1. The first-order valence-electron chi connectivity index (χ1n) is 6.09. The summed E-state index contributed by atoms with van der Waals surface area (Å²) in [4.78, 5) is 4.09. The molecule has 125 valence electrons. The molecule has 0 fully saturated rings. The van der Waals surface area contributed by atoms with Gasteiger partial charge in [0.2, 0.25) is 0 Å². The van der Waals surface area contributed by atoms with Gasteiger partial charge in [-0.2, -0.15) is 0 Å². The molecule has 0 aromatic rings. The third-order valence-electron chi connectivity index (χ3n) is 2.22. The van der Waals surface area contributed by atoms with Crippen LogP contribution in [0.4, 0.5) is 0 Å². The van der Waals surface area contributed by atoms with E-state index in [0.29, 0.717) is 0 Å². The first-order valence-corrected chi connectivity index (χ1v) is 31.8. The van der Waals surface area contributed by atoms with Gasteiger partial charge in [-0.1, -0.05) is 27.7 Å². The SMILES string of the molecule is CCN(CC)C([S-])[S-].CCN(CC)C([S-])[S-].[Br][Hg][Br].[Hg+2].[Hg+].[SH-]. The smallest absolute Gasteiger partial charge is 0.813 e. The van der Waals surface area contributed by atoms with Crippen molar-refractivity contribution in [3.05, 3.63) is 0 Å². The van der Waals surface area contributed by atoms with Crippen molar-refractivity contribution in [2.24, 2.45) is 0 Å². The topological polar surface area (TPSA) is 6.48 Å². The molecule has 0 bridgehead atoms. The minimum Gasteiger partial charge on any atom is -0.813 e. The van der Waals surface area contributed by atoms with Crippen LogP contribution in [0.5, 0.6) is 0 Å². The fourth-order valence-electron chi connectivity index (χ4n) is 1.04. The van der Waals surface area contributed by atoms with Crippen LogP contribution in [-0.4, -0.2) is 45.4 Å². The Bertz CT molecular complexity index is 155. The minimum absolute atomic E-state index is 0. The Hall–Kier alpha value is 5.44. The van der Waals surface area contributed by atoms with E-state index in [1.54, 1.807) is 0 Å². The maximum Gasteiger partial charge on any atom is 2.00 e. The predicted molar refractivity (Wildman–Crippen MR) is 109 cm³/mol. The first kappa shape index (κ1) is 41.7. The van der Waals surface area contributed by atoms with Crippen LogP contribution in [0.3, 0.4) is 0 Å². The Kier molecular flexibility index (Phi) is 64.4. The quantitative estimate of drug-likeness (QED) is 0.227. The number of halogens is 2. The summed E-state index contributed by atoms with van der Waals surface area (Å²) in [6.07, 6.45) is 0. The zero-order valence-electron chi connectivity index (χ0n) is 13.8. The third kappa shape index (κ3) is 33.1. The maximum atomic E-state index is 4.84. The molecule has 0 heterocycles. The zero-order valence-corrected chi connectivity index (χ0v) is 37.7. The van der Waals surface area contributed by atoms with Crippen molar-refractivity contribution in [2.75, 3.05) is 26.2 Å². The summed E-state index contributed by atoms with van der Waals surface area (Å²) in [6.45, 7) is 12.1. The van der Waals surface area contributed by atoms with Crippen molar-refractivity contribution < 1.29 is 75.1 Å². The van der Waals surface area contributed by atoms with Crippen molar-refractivity contribution in [1.82, 2.24) is 9.80 Å². The van der Waals surface area contributed by atoms with Gasteiger partial charge in [0.1, 0.15) is 0 Å². The molecule has 0 aromatic carbocycles. The molecule has 0 saturated heterocycles. The molecule has 22 heavy (non-hydrogen) atoms. The van der Waals surface area contributed by atoms with E-state index in [1.807, 2.05) is 9.80 Å². The van der Waals surface area contributed by atoms with Crippen LogP contribution in [0.15, 0.2) is 0 Å². The molecule has 0 rings (SSSR count). The zero-order chi connectivity index (χ0) is 15.8. The average molecular weight is 1090 g/mol. The van der Waals surface area contributed by atoms with Crippen LogP contribution in [0.2, 0.25) is 0 Å². The third-order valence-corrected chi connectivity index (χ3v) is 3.41. The van der Waals surface area contributed by atoms with E-state index in [2.05, 4.69) is 51.5 Å². The molecule has 0 unspecified atom stereocenters. The van der Waals surface area contributed by atoms with Crippen molar-refractivity contribution in [1.29, 1.82) is 0 Å². The van der Waals surface area contributed by atoms with Gasteiger partial charge in [-0.3, -0.25) is 0 Å². The summed E-state index contributed by atoms with van der Waals surface area (Å²) in [6, 6.07) is 0. The summed E-state index contributed by atoms with van der Waals surface area (Å²) in [5, 5.41) is 0. The first-order chi connectivity index (χ1) is 8.85. The molecule has 0 atom stereocenters. The Morgan fingerprint density at radius 1 is 0.773 bits per heavy atom. The summed E-state index contributed by atoms with van der Waals surface area (Å²) >= 11 is 25.5. The number of rotatable bonds is 6. The van der Waals surface area contributed by atoms with Crippen molar-refractivity contribution in [3.63, 3.8) is 0 Å². The van der Waals surface area contributed by atoms with Crippen molar-refractivity contribution in [2.45, 2.75) is 37.1 Å². The number of hydrogen-bond acceptors (Lipinski definition) is 7. The van der Waals surface area contributed by atoms with Crippen LogP contribution < -0.4 is 0 Å². The van der Waals surface area contributed by atoms with E-state index in [-0.39, 0.29) is 78.2 Å². The van der Waals surface area contributed by atoms with Gasteiger partial charge < -0.3 is 73.8 Å². The Labute approximate surface area is 231 Å². The normalized spacial score (nSPS) is 8.64. The Morgan fingerprint density at radius 3 is 0.909 bits per heavy atom.